The van der Waals surface area contributed by atoms with Crippen LogP contribution in [0.25, 0.3) is 0 Å². The van der Waals surface area contributed by atoms with E-state index in [0.29, 0.717) is 11.4 Å². The van der Waals surface area contributed by atoms with Gasteiger partial charge in [-0.15, -0.1) is 10.2 Å². The molecular formula is C26H30N4O5S. The number of carbonyl (C=O) groups excluding carboxylic acids is 1. The first-order chi connectivity index (χ1) is 17.5. The number of thioether (sulfide) groups is 1. The molecule has 2 N–H and O–H groups in total. The van der Waals surface area contributed by atoms with E-state index in [0.717, 1.165) is 21.8 Å². The summed E-state index contributed by atoms with van der Waals surface area (Å²) in [5, 5.41) is 21.0. The van der Waals surface area contributed by atoms with Crippen LogP contribution in [0, 0.1) is 5.92 Å². The molecule has 0 aliphatic carbocycles. The fraction of sp³-hybridized carbons (Fsp3) is 0.346. The summed E-state index contributed by atoms with van der Waals surface area (Å²) < 4.78 is 19.7. The van der Waals surface area contributed by atoms with E-state index in [2.05, 4.69) is 29.0 Å². The van der Waals surface area contributed by atoms with E-state index in [1.807, 2.05) is 48.0 Å². The Labute approximate surface area is 214 Å². The molecule has 2 heterocycles. The van der Waals surface area contributed by atoms with Crippen LogP contribution in [0.3, 0.4) is 0 Å². The molecule has 1 aliphatic heterocycles. The number of rotatable bonds is 9. The van der Waals surface area contributed by atoms with Crippen molar-refractivity contribution >= 4 is 23.5 Å². The Hall–Kier alpha value is -3.18. The minimum atomic E-state index is -0.601. The largest absolute Gasteiger partial charge is 0.445 e. The Bertz CT molecular complexity index is 1150. The van der Waals surface area contributed by atoms with Gasteiger partial charge in [0.15, 0.2) is 11.4 Å². The van der Waals surface area contributed by atoms with Gasteiger partial charge in [0, 0.05) is 30.0 Å². The SMILES string of the molecule is C=CCOC(=O)Nc1ccc(C2OC(CSc3nncn3C)C(C)C(c3ccc(CO)cc3)O2)cc1. The standard InChI is InChI=1S/C26H30N4O5S/c1-4-13-33-26(32)28-21-11-9-20(10-12-21)24-34-22(15-36-25-29-27-16-30(25)3)17(2)23(35-24)19-7-5-18(14-31)6-8-19/h4-12,16-17,22-24,31H,1,13-15H2,2-3H3,(H,28,32). The number of anilines is 1. The second-order valence-electron chi connectivity index (χ2n) is 8.49. The summed E-state index contributed by atoms with van der Waals surface area (Å²) in [5.74, 6) is 0.732. The summed E-state index contributed by atoms with van der Waals surface area (Å²) in [5.41, 5.74) is 3.30. The van der Waals surface area contributed by atoms with Crippen molar-refractivity contribution in [2.75, 3.05) is 17.7 Å². The van der Waals surface area contributed by atoms with Crippen LogP contribution in [0.4, 0.5) is 10.5 Å². The number of nitrogens with one attached hydrogen (secondary N) is 1. The molecule has 4 atom stereocenters. The van der Waals surface area contributed by atoms with Gasteiger partial charge in [-0.05, 0) is 23.3 Å². The van der Waals surface area contributed by atoms with E-state index in [4.69, 9.17) is 14.2 Å². The molecule has 10 heteroatoms. The van der Waals surface area contributed by atoms with Crippen LogP contribution >= 0.6 is 11.8 Å². The Kier molecular flexibility index (Phi) is 8.76. The number of ether oxygens (including phenoxy) is 3. The summed E-state index contributed by atoms with van der Waals surface area (Å²) in [4.78, 5) is 11.8. The van der Waals surface area contributed by atoms with Gasteiger partial charge in [-0.2, -0.15) is 0 Å². The smallest absolute Gasteiger partial charge is 0.411 e. The van der Waals surface area contributed by atoms with Gasteiger partial charge in [0.1, 0.15) is 12.9 Å². The lowest BCUT2D eigenvalue weighted by Crippen LogP contribution is -2.38. The summed E-state index contributed by atoms with van der Waals surface area (Å²) in [6, 6.07) is 15.1. The first-order valence-corrected chi connectivity index (χ1v) is 12.6. The molecule has 0 spiro atoms. The number of aryl methyl sites for hydroxylation is 1. The number of hydrogen-bond acceptors (Lipinski definition) is 8. The van der Waals surface area contributed by atoms with Gasteiger partial charge >= 0.3 is 6.09 Å². The Morgan fingerprint density at radius 2 is 1.92 bits per heavy atom. The molecule has 1 amide bonds. The maximum Gasteiger partial charge on any atom is 0.411 e. The number of carbonyl (C=O) groups is 1. The molecular weight excluding hydrogens is 480 g/mol. The maximum atomic E-state index is 11.8. The second kappa shape index (κ2) is 12.2. The second-order valence-corrected chi connectivity index (χ2v) is 9.48. The molecule has 0 saturated carbocycles. The molecule has 3 aromatic rings. The van der Waals surface area contributed by atoms with Crippen LogP contribution in [0.2, 0.25) is 0 Å². The lowest BCUT2D eigenvalue weighted by atomic mass is 9.91. The van der Waals surface area contributed by atoms with Gasteiger partial charge in [0.2, 0.25) is 0 Å². The Morgan fingerprint density at radius 1 is 1.19 bits per heavy atom. The van der Waals surface area contributed by atoms with Crippen LogP contribution in [0.15, 0.2) is 72.7 Å². The summed E-state index contributed by atoms with van der Waals surface area (Å²) in [6.07, 6.45) is 1.69. The Balaban J connectivity index is 1.52. The summed E-state index contributed by atoms with van der Waals surface area (Å²) in [7, 11) is 1.91. The van der Waals surface area contributed by atoms with Gasteiger partial charge in [-0.25, -0.2) is 4.79 Å². The highest BCUT2D eigenvalue weighted by atomic mass is 32.2. The third-order valence-corrected chi connectivity index (χ3v) is 7.05. The molecule has 4 rings (SSSR count). The van der Waals surface area contributed by atoms with Crippen molar-refractivity contribution in [3.63, 3.8) is 0 Å². The van der Waals surface area contributed by atoms with E-state index in [9.17, 15) is 9.90 Å². The molecule has 1 fully saturated rings. The highest BCUT2D eigenvalue weighted by Gasteiger charge is 2.38. The zero-order chi connectivity index (χ0) is 25.5. The zero-order valence-electron chi connectivity index (χ0n) is 20.2. The molecule has 0 bridgehead atoms. The molecule has 1 saturated heterocycles. The van der Waals surface area contributed by atoms with Crippen LogP contribution in [0.1, 0.15) is 36.0 Å². The molecule has 4 unspecified atom stereocenters. The van der Waals surface area contributed by atoms with Crippen molar-refractivity contribution < 1.29 is 24.1 Å². The fourth-order valence-corrected chi connectivity index (χ4v) is 4.93. The quantitative estimate of drug-likeness (QED) is 0.317. The van der Waals surface area contributed by atoms with E-state index in [1.165, 1.54) is 6.08 Å². The van der Waals surface area contributed by atoms with Crippen molar-refractivity contribution in [3.05, 3.63) is 84.2 Å². The Morgan fingerprint density at radius 3 is 2.56 bits per heavy atom. The van der Waals surface area contributed by atoms with Gasteiger partial charge in [0.05, 0.1) is 18.8 Å². The first-order valence-electron chi connectivity index (χ1n) is 11.6. The highest BCUT2D eigenvalue weighted by Crippen LogP contribution is 2.43. The number of aliphatic hydroxyl groups is 1. The first kappa shape index (κ1) is 25.9. The number of aromatic nitrogens is 3. The van der Waals surface area contributed by atoms with Gasteiger partial charge in [-0.3, -0.25) is 5.32 Å². The van der Waals surface area contributed by atoms with Gasteiger partial charge in [-0.1, -0.05) is 67.7 Å². The number of hydrogen-bond donors (Lipinski definition) is 2. The average molecular weight is 511 g/mol. The van der Waals surface area contributed by atoms with Crippen LogP contribution in [0.5, 0.6) is 0 Å². The van der Waals surface area contributed by atoms with Crippen molar-refractivity contribution in [2.45, 2.75) is 37.2 Å². The molecule has 0 radical (unpaired) electrons. The van der Waals surface area contributed by atoms with E-state index >= 15 is 0 Å². The predicted octanol–water partition coefficient (Wildman–Crippen LogP) is 4.63. The van der Waals surface area contributed by atoms with Gasteiger partial charge in [0.25, 0.3) is 0 Å². The lowest BCUT2D eigenvalue weighted by Gasteiger charge is -2.41. The number of nitrogens with zero attached hydrogens (tertiary/aromatic N) is 3. The molecule has 1 aromatic heterocycles. The monoisotopic (exact) mass is 510 g/mol. The van der Waals surface area contributed by atoms with Crippen LogP contribution in [-0.2, 0) is 27.9 Å². The average Bonchev–Trinajstić information content (AvgIpc) is 3.32. The van der Waals surface area contributed by atoms with Gasteiger partial charge < -0.3 is 23.9 Å². The van der Waals surface area contributed by atoms with Crippen LogP contribution in [-0.4, -0.2) is 44.4 Å². The summed E-state index contributed by atoms with van der Waals surface area (Å²) in [6.45, 7) is 5.78. The summed E-state index contributed by atoms with van der Waals surface area (Å²) >= 11 is 1.59. The van der Waals surface area contributed by atoms with Crippen molar-refractivity contribution in [2.24, 2.45) is 13.0 Å². The maximum absolute atomic E-state index is 11.8. The van der Waals surface area contributed by atoms with Crippen molar-refractivity contribution in [1.29, 1.82) is 0 Å². The van der Waals surface area contributed by atoms with Crippen molar-refractivity contribution in [3.8, 4) is 0 Å². The number of amides is 1. The molecule has 190 valence electrons. The normalized spacial score (nSPS) is 21.6. The number of benzene rings is 2. The third kappa shape index (κ3) is 6.33. The molecule has 1 aliphatic rings. The topological polar surface area (TPSA) is 108 Å². The van der Waals surface area contributed by atoms with E-state index in [1.54, 1.807) is 30.2 Å². The fourth-order valence-electron chi connectivity index (χ4n) is 3.88. The lowest BCUT2D eigenvalue weighted by molar-refractivity contribution is -0.268. The minimum absolute atomic E-state index is 0.00836. The van der Waals surface area contributed by atoms with E-state index < -0.39 is 12.4 Å². The van der Waals surface area contributed by atoms with E-state index in [-0.39, 0.29) is 31.3 Å². The molecule has 2 aromatic carbocycles. The molecule has 36 heavy (non-hydrogen) atoms. The molecule has 9 nitrogen and oxygen atoms in total. The predicted molar refractivity (Wildman–Crippen MR) is 136 cm³/mol. The number of aliphatic hydroxyl groups excluding tert-OH is 1. The third-order valence-electron chi connectivity index (χ3n) is 5.93. The highest BCUT2D eigenvalue weighted by molar-refractivity contribution is 7.99. The minimum Gasteiger partial charge on any atom is -0.445 e. The van der Waals surface area contributed by atoms with Crippen LogP contribution < -0.4 is 5.32 Å². The zero-order valence-corrected chi connectivity index (χ0v) is 21.1. The van der Waals surface area contributed by atoms with Crippen molar-refractivity contribution in [1.82, 2.24) is 14.8 Å².